The van der Waals surface area contributed by atoms with Crippen LogP contribution in [0.5, 0.6) is 11.5 Å². The number of carbonyl (C=O) groups excluding carboxylic acids is 2. The van der Waals surface area contributed by atoms with Crippen LogP contribution in [0.2, 0.25) is 0 Å². The van der Waals surface area contributed by atoms with E-state index < -0.39 is 0 Å². The van der Waals surface area contributed by atoms with Gasteiger partial charge in [-0.3, -0.25) is 14.5 Å². The number of esters is 1. The first-order valence-corrected chi connectivity index (χ1v) is 10.4. The van der Waals surface area contributed by atoms with Crippen LogP contribution in [-0.4, -0.2) is 46.5 Å². The molecular weight excluding hydrogens is 410 g/mol. The maximum Gasteiger partial charge on any atom is 0.305 e. The SMILES string of the molecule is CCOC(=O)CCCOc1ccc2cc(O)ccc2c1C=C1SC(=S)N(C)C1=O. The highest BCUT2D eigenvalue weighted by molar-refractivity contribution is 8.26. The number of hydrogen-bond acceptors (Lipinski definition) is 7. The van der Waals surface area contributed by atoms with Crippen molar-refractivity contribution in [2.75, 3.05) is 20.3 Å². The number of rotatable bonds is 7. The Labute approximate surface area is 178 Å². The monoisotopic (exact) mass is 431 g/mol. The molecule has 0 unspecified atom stereocenters. The third kappa shape index (κ3) is 4.89. The van der Waals surface area contributed by atoms with Crippen molar-refractivity contribution in [1.82, 2.24) is 4.90 Å². The van der Waals surface area contributed by atoms with Crippen LogP contribution < -0.4 is 4.74 Å². The number of fused-ring (bicyclic) bond motifs is 1. The molecule has 1 aliphatic heterocycles. The fraction of sp³-hybridized carbons (Fsp3) is 0.286. The van der Waals surface area contributed by atoms with Crippen molar-refractivity contribution in [3.63, 3.8) is 0 Å². The number of phenolic OH excluding ortho intramolecular Hbond substituents is 1. The molecule has 1 fully saturated rings. The molecule has 0 spiro atoms. The van der Waals surface area contributed by atoms with E-state index in [0.29, 0.717) is 34.6 Å². The highest BCUT2D eigenvalue weighted by atomic mass is 32.2. The maximum atomic E-state index is 12.4. The molecule has 2 aromatic carbocycles. The summed E-state index contributed by atoms with van der Waals surface area (Å²) in [5.41, 5.74) is 0.729. The standard InChI is InChI=1S/C21H21NO5S2/c1-3-26-19(24)5-4-10-27-17-9-6-13-11-14(23)7-8-15(13)16(17)12-18-20(25)22(2)21(28)29-18/h6-9,11-12,23H,3-5,10H2,1-2H3. The Kier molecular flexibility index (Phi) is 6.76. The summed E-state index contributed by atoms with van der Waals surface area (Å²) in [6.07, 6.45) is 2.56. The summed E-state index contributed by atoms with van der Waals surface area (Å²) >= 11 is 6.45. The molecule has 29 heavy (non-hydrogen) atoms. The van der Waals surface area contributed by atoms with E-state index in [4.69, 9.17) is 21.7 Å². The molecule has 0 aliphatic carbocycles. The first kappa shape index (κ1) is 21.1. The number of phenols is 1. The molecule has 0 saturated carbocycles. The average molecular weight is 432 g/mol. The third-order valence-corrected chi connectivity index (χ3v) is 5.84. The van der Waals surface area contributed by atoms with Crippen molar-refractivity contribution in [3.8, 4) is 11.5 Å². The second kappa shape index (κ2) is 9.28. The van der Waals surface area contributed by atoms with Crippen LogP contribution >= 0.6 is 24.0 Å². The Hall–Kier alpha value is -2.58. The minimum absolute atomic E-state index is 0.159. The summed E-state index contributed by atoms with van der Waals surface area (Å²) in [6, 6.07) is 8.68. The van der Waals surface area contributed by atoms with Gasteiger partial charge in [-0.1, -0.05) is 30.0 Å². The summed E-state index contributed by atoms with van der Waals surface area (Å²) in [4.78, 5) is 25.9. The topological polar surface area (TPSA) is 76.1 Å². The minimum atomic E-state index is -0.253. The van der Waals surface area contributed by atoms with Gasteiger partial charge in [0.1, 0.15) is 15.8 Å². The van der Waals surface area contributed by atoms with Crippen molar-refractivity contribution >= 4 is 57.0 Å². The van der Waals surface area contributed by atoms with Gasteiger partial charge in [0.2, 0.25) is 0 Å². The minimum Gasteiger partial charge on any atom is -0.508 e. The zero-order chi connectivity index (χ0) is 21.0. The van der Waals surface area contributed by atoms with Gasteiger partial charge >= 0.3 is 5.97 Å². The Morgan fingerprint density at radius 3 is 2.79 bits per heavy atom. The lowest BCUT2D eigenvalue weighted by atomic mass is 10.0. The van der Waals surface area contributed by atoms with Gasteiger partial charge in [0.25, 0.3) is 5.91 Å². The van der Waals surface area contributed by atoms with E-state index in [1.54, 1.807) is 44.3 Å². The second-order valence-corrected chi connectivity index (χ2v) is 8.06. The van der Waals surface area contributed by atoms with Crippen molar-refractivity contribution in [2.45, 2.75) is 19.8 Å². The Balaban J connectivity index is 1.90. The number of amides is 1. The van der Waals surface area contributed by atoms with Gasteiger partial charge in [0.15, 0.2) is 0 Å². The van der Waals surface area contributed by atoms with Gasteiger partial charge in [-0.25, -0.2) is 0 Å². The van der Waals surface area contributed by atoms with Crippen molar-refractivity contribution in [3.05, 3.63) is 40.8 Å². The maximum absolute atomic E-state index is 12.4. The summed E-state index contributed by atoms with van der Waals surface area (Å²) in [5.74, 6) is 0.334. The van der Waals surface area contributed by atoms with Gasteiger partial charge in [0, 0.05) is 19.0 Å². The lowest BCUT2D eigenvalue weighted by Gasteiger charge is -2.13. The molecule has 1 N–H and O–H groups in total. The Morgan fingerprint density at radius 2 is 2.10 bits per heavy atom. The smallest absolute Gasteiger partial charge is 0.305 e. The van der Waals surface area contributed by atoms with Gasteiger partial charge in [-0.15, -0.1) is 0 Å². The predicted molar refractivity (Wildman–Crippen MR) is 118 cm³/mol. The summed E-state index contributed by atoms with van der Waals surface area (Å²) in [6.45, 7) is 2.46. The van der Waals surface area contributed by atoms with E-state index in [0.717, 1.165) is 16.3 Å². The first-order valence-electron chi connectivity index (χ1n) is 9.16. The molecule has 1 amide bonds. The van der Waals surface area contributed by atoms with E-state index >= 15 is 0 Å². The Bertz CT molecular complexity index is 1000. The molecular formula is C21H21NO5S2. The van der Waals surface area contributed by atoms with Crippen LogP contribution in [0.3, 0.4) is 0 Å². The lowest BCUT2D eigenvalue weighted by molar-refractivity contribution is -0.143. The number of nitrogens with zero attached hydrogens (tertiary/aromatic N) is 1. The molecule has 2 aromatic rings. The molecule has 8 heteroatoms. The highest BCUT2D eigenvalue weighted by Crippen LogP contribution is 2.37. The molecule has 3 rings (SSSR count). The van der Waals surface area contributed by atoms with Crippen molar-refractivity contribution in [1.29, 1.82) is 0 Å². The van der Waals surface area contributed by atoms with Gasteiger partial charge in [-0.05, 0) is 54.5 Å². The van der Waals surface area contributed by atoms with E-state index in [1.165, 1.54) is 16.7 Å². The largest absolute Gasteiger partial charge is 0.508 e. The van der Waals surface area contributed by atoms with Gasteiger partial charge in [-0.2, -0.15) is 0 Å². The average Bonchev–Trinajstić information content (AvgIpc) is 2.93. The molecule has 6 nitrogen and oxygen atoms in total. The fourth-order valence-corrected chi connectivity index (χ4v) is 4.07. The molecule has 0 atom stereocenters. The van der Waals surface area contributed by atoms with Crippen LogP contribution in [0.15, 0.2) is 35.2 Å². The highest BCUT2D eigenvalue weighted by Gasteiger charge is 2.29. The molecule has 0 aromatic heterocycles. The predicted octanol–water partition coefficient (Wildman–Crippen LogP) is 4.10. The number of likely N-dealkylation sites (N-methyl/N-ethyl adjacent to an activating group) is 1. The fourth-order valence-electron chi connectivity index (χ4n) is 2.90. The van der Waals surface area contributed by atoms with Crippen LogP contribution in [0, 0.1) is 0 Å². The summed E-state index contributed by atoms with van der Waals surface area (Å²) in [5, 5.41) is 11.4. The number of thioether (sulfide) groups is 1. The quantitative estimate of drug-likeness (QED) is 0.306. The second-order valence-electron chi connectivity index (χ2n) is 6.38. The number of ether oxygens (including phenoxy) is 2. The lowest BCUT2D eigenvalue weighted by Crippen LogP contribution is -2.22. The molecule has 0 radical (unpaired) electrons. The van der Waals surface area contributed by atoms with E-state index in [2.05, 4.69) is 0 Å². The number of carbonyl (C=O) groups is 2. The normalized spacial score (nSPS) is 15.4. The van der Waals surface area contributed by atoms with Crippen LogP contribution in [0.1, 0.15) is 25.3 Å². The van der Waals surface area contributed by atoms with Gasteiger partial charge in [0.05, 0.1) is 18.1 Å². The molecule has 0 bridgehead atoms. The van der Waals surface area contributed by atoms with Crippen LogP contribution in [0.4, 0.5) is 0 Å². The van der Waals surface area contributed by atoms with E-state index in [-0.39, 0.29) is 24.0 Å². The Morgan fingerprint density at radius 1 is 1.31 bits per heavy atom. The van der Waals surface area contributed by atoms with E-state index in [1.807, 2.05) is 6.07 Å². The molecule has 1 aliphatic rings. The number of hydrogen-bond donors (Lipinski definition) is 1. The zero-order valence-corrected chi connectivity index (χ0v) is 17.8. The van der Waals surface area contributed by atoms with E-state index in [9.17, 15) is 14.7 Å². The molecule has 1 heterocycles. The van der Waals surface area contributed by atoms with Crippen molar-refractivity contribution < 1.29 is 24.2 Å². The third-order valence-electron chi connectivity index (χ3n) is 4.36. The summed E-state index contributed by atoms with van der Waals surface area (Å²) in [7, 11) is 1.65. The van der Waals surface area contributed by atoms with Crippen LogP contribution in [-0.2, 0) is 14.3 Å². The van der Waals surface area contributed by atoms with Crippen LogP contribution in [0.25, 0.3) is 16.8 Å². The number of aromatic hydroxyl groups is 1. The van der Waals surface area contributed by atoms with Crippen molar-refractivity contribution in [2.24, 2.45) is 0 Å². The van der Waals surface area contributed by atoms with Gasteiger partial charge < -0.3 is 14.6 Å². The molecule has 152 valence electrons. The molecule has 1 saturated heterocycles. The first-order chi connectivity index (χ1) is 13.9. The summed E-state index contributed by atoms with van der Waals surface area (Å²) < 4.78 is 11.3. The number of thiocarbonyl (C=S) groups is 1. The number of benzene rings is 2. The zero-order valence-electron chi connectivity index (χ0n) is 16.1.